The molecule has 5 aliphatic rings. The Morgan fingerprint density at radius 2 is 1.22 bits per heavy atom. The summed E-state index contributed by atoms with van der Waals surface area (Å²) < 4.78 is 89.5. The van der Waals surface area contributed by atoms with E-state index in [-0.39, 0.29) is 11.3 Å². The van der Waals surface area contributed by atoms with Crippen LogP contribution in [0.5, 0.6) is 0 Å². The van der Waals surface area contributed by atoms with Gasteiger partial charge >= 0.3 is 12.4 Å². The highest BCUT2D eigenvalue weighted by Gasteiger charge is 2.77. The molecule has 0 aliphatic heterocycles. The third-order valence-electron chi connectivity index (χ3n) is 16.5. The second-order valence-electron chi connectivity index (χ2n) is 18.5. The van der Waals surface area contributed by atoms with Crippen LogP contribution < -0.4 is 0 Å². The van der Waals surface area contributed by atoms with Gasteiger partial charge in [0.15, 0.2) is 0 Å². The van der Waals surface area contributed by atoms with Crippen molar-refractivity contribution in [3.63, 3.8) is 0 Å². The SMILES string of the molecule is CC12C(=C3Cc4ccccc4C3=C3C=CCCC31)C(C)(C(C1=CC=CC1)(c1cccc(C(F)(F)F)c1)c1cccc(C(F)(F)F)c1)C(C)(C)C(C)(C)C2(C)C. The quantitative estimate of drug-likeness (QED) is 0.233. The summed E-state index contributed by atoms with van der Waals surface area (Å²) in [5.74, 6) is 0.0681. The average molecular weight is 753 g/mol. The van der Waals surface area contributed by atoms with Crippen molar-refractivity contribution in [2.24, 2.45) is 33.0 Å². The van der Waals surface area contributed by atoms with E-state index in [0.717, 1.165) is 30.5 Å². The molecule has 3 atom stereocenters. The molecule has 3 aromatic carbocycles. The van der Waals surface area contributed by atoms with Gasteiger partial charge in [-0.1, -0.05) is 158 Å². The van der Waals surface area contributed by atoms with E-state index in [0.29, 0.717) is 24.0 Å². The summed E-state index contributed by atoms with van der Waals surface area (Å²) in [5.41, 5.74) is 2.34. The van der Waals surface area contributed by atoms with Crippen molar-refractivity contribution < 1.29 is 26.3 Å². The van der Waals surface area contributed by atoms with E-state index in [1.165, 1.54) is 57.7 Å². The smallest absolute Gasteiger partial charge is 0.166 e. The third-order valence-corrected chi connectivity index (χ3v) is 16.5. The number of hydrogen-bond donors (Lipinski definition) is 0. The molecule has 0 bridgehead atoms. The molecule has 55 heavy (non-hydrogen) atoms. The third kappa shape index (κ3) is 4.60. The Morgan fingerprint density at radius 1 is 0.636 bits per heavy atom. The Kier molecular flexibility index (Phi) is 8.08. The Labute approximate surface area is 321 Å². The molecule has 0 nitrogen and oxygen atoms in total. The molecule has 8 rings (SSSR count). The predicted molar refractivity (Wildman–Crippen MR) is 209 cm³/mol. The summed E-state index contributed by atoms with van der Waals surface area (Å²) in [6.07, 6.45) is 3.91. The van der Waals surface area contributed by atoms with Gasteiger partial charge in [-0.25, -0.2) is 0 Å². The molecular weight excluding hydrogens is 703 g/mol. The van der Waals surface area contributed by atoms with Crippen molar-refractivity contribution in [3.8, 4) is 0 Å². The predicted octanol–water partition coefficient (Wildman–Crippen LogP) is 14.3. The van der Waals surface area contributed by atoms with Gasteiger partial charge in [-0.2, -0.15) is 26.3 Å². The maximum absolute atomic E-state index is 14.9. The van der Waals surface area contributed by atoms with Crippen molar-refractivity contribution in [2.45, 2.75) is 98.8 Å². The minimum atomic E-state index is -4.67. The lowest BCUT2D eigenvalue weighted by Gasteiger charge is -2.78. The zero-order valence-electron chi connectivity index (χ0n) is 33.0. The van der Waals surface area contributed by atoms with E-state index in [4.69, 9.17) is 0 Å². The van der Waals surface area contributed by atoms with Crippen LogP contribution in [0.3, 0.4) is 0 Å². The molecule has 0 N–H and O–H groups in total. The van der Waals surface area contributed by atoms with Gasteiger partial charge in [0, 0.05) is 10.8 Å². The van der Waals surface area contributed by atoms with E-state index in [1.807, 2.05) is 18.2 Å². The molecule has 1 saturated carbocycles. The minimum Gasteiger partial charge on any atom is -0.166 e. The number of benzene rings is 3. The van der Waals surface area contributed by atoms with Crippen molar-refractivity contribution in [1.29, 1.82) is 0 Å². The lowest BCUT2D eigenvalue weighted by Crippen LogP contribution is -2.72. The molecule has 0 radical (unpaired) electrons. The van der Waals surface area contributed by atoms with E-state index >= 15 is 0 Å². The van der Waals surface area contributed by atoms with Crippen LogP contribution >= 0.6 is 0 Å². The lowest BCUT2D eigenvalue weighted by molar-refractivity contribution is -0.206. The first-order valence-electron chi connectivity index (χ1n) is 19.5. The van der Waals surface area contributed by atoms with Gasteiger partial charge in [0.25, 0.3) is 0 Å². The largest absolute Gasteiger partial charge is 0.416 e. The standard InChI is InChI=1S/C49H50F6/c1-42(2)43(3,4)45(7)39-26-14-13-25-37(39)40-36-24-12-9-17-30(36)27-38(40)41(45)46(8,44(42,5)6)47(31-18-10-11-19-31,32-20-15-22-34(28-32)48(50,51)52)33-21-16-23-35(29-33)49(53,54)55/h9-13,15-18,20-25,28-29,39H,14,19,26-27H2,1-8H3. The van der Waals surface area contributed by atoms with Crippen LogP contribution in [0.2, 0.25) is 0 Å². The van der Waals surface area contributed by atoms with Gasteiger partial charge in [0.2, 0.25) is 0 Å². The molecule has 0 aromatic heterocycles. The molecule has 288 valence electrons. The number of alkyl halides is 6. The first kappa shape index (κ1) is 37.8. The van der Waals surface area contributed by atoms with Gasteiger partial charge in [-0.15, -0.1) is 0 Å². The van der Waals surface area contributed by atoms with Gasteiger partial charge in [0.05, 0.1) is 16.5 Å². The second kappa shape index (κ2) is 11.7. The molecule has 3 aromatic rings. The van der Waals surface area contributed by atoms with Crippen LogP contribution in [0, 0.1) is 33.0 Å². The van der Waals surface area contributed by atoms with Crippen LogP contribution in [0.15, 0.2) is 125 Å². The summed E-state index contributed by atoms with van der Waals surface area (Å²) in [5, 5.41) is 0. The van der Waals surface area contributed by atoms with E-state index < -0.39 is 50.6 Å². The first-order valence-corrected chi connectivity index (χ1v) is 19.5. The van der Waals surface area contributed by atoms with Crippen LogP contribution in [0.25, 0.3) is 5.57 Å². The fourth-order valence-electron chi connectivity index (χ4n) is 12.6. The Bertz CT molecular complexity index is 2210. The normalized spacial score (nSPS) is 27.7. The molecular formula is C49H50F6. The highest BCUT2D eigenvalue weighted by atomic mass is 19.4. The Balaban J connectivity index is 1.65. The molecule has 0 heterocycles. The zero-order chi connectivity index (χ0) is 39.8. The van der Waals surface area contributed by atoms with E-state index in [1.54, 1.807) is 12.1 Å². The van der Waals surface area contributed by atoms with Crippen LogP contribution in [-0.2, 0) is 24.2 Å². The minimum absolute atomic E-state index is 0.0681. The highest BCUT2D eigenvalue weighted by Crippen LogP contribution is 2.83. The van der Waals surface area contributed by atoms with Crippen molar-refractivity contribution >= 4 is 5.57 Å². The van der Waals surface area contributed by atoms with Crippen LogP contribution in [-0.4, -0.2) is 0 Å². The number of fused-ring (bicyclic) bond motifs is 6. The zero-order valence-corrected chi connectivity index (χ0v) is 33.0. The van der Waals surface area contributed by atoms with Gasteiger partial charge in [-0.3, -0.25) is 0 Å². The highest BCUT2D eigenvalue weighted by molar-refractivity contribution is 5.93. The summed E-state index contributed by atoms with van der Waals surface area (Å²) in [4.78, 5) is 0. The number of allylic oxidation sites excluding steroid dienone is 10. The average Bonchev–Trinajstić information content (AvgIpc) is 3.80. The van der Waals surface area contributed by atoms with Gasteiger partial charge in [-0.05, 0) is 99.0 Å². The lowest BCUT2D eigenvalue weighted by atomic mass is 9.25. The molecule has 0 amide bonds. The second-order valence-corrected chi connectivity index (χ2v) is 18.5. The number of halogens is 6. The topological polar surface area (TPSA) is 0 Å². The molecule has 3 unspecified atom stereocenters. The molecule has 0 saturated heterocycles. The maximum atomic E-state index is 14.9. The van der Waals surface area contributed by atoms with Crippen LogP contribution in [0.4, 0.5) is 26.3 Å². The van der Waals surface area contributed by atoms with Gasteiger partial charge in [0.1, 0.15) is 0 Å². The summed E-state index contributed by atoms with van der Waals surface area (Å²) in [6, 6.07) is 19.4. The number of hydrogen-bond acceptors (Lipinski definition) is 0. The fraction of sp³-hybridized carbons (Fsp3) is 0.429. The summed E-state index contributed by atoms with van der Waals surface area (Å²) >= 11 is 0. The van der Waals surface area contributed by atoms with Gasteiger partial charge < -0.3 is 0 Å². The number of rotatable bonds is 4. The van der Waals surface area contributed by atoms with Crippen LogP contribution in [0.1, 0.15) is 108 Å². The Morgan fingerprint density at radius 3 is 1.78 bits per heavy atom. The van der Waals surface area contributed by atoms with Crippen molar-refractivity contribution in [2.75, 3.05) is 0 Å². The van der Waals surface area contributed by atoms with Crippen molar-refractivity contribution in [1.82, 2.24) is 0 Å². The summed E-state index contributed by atoms with van der Waals surface area (Å²) in [7, 11) is 0. The molecule has 1 fully saturated rings. The monoisotopic (exact) mass is 752 g/mol. The molecule has 5 aliphatic carbocycles. The Hall–Kier alpha value is -4.06. The molecule has 0 spiro atoms. The molecule has 6 heteroatoms. The maximum Gasteiger partial charge on any atom is 0.416 e. The fourth-order valence-corrected chi connectivity index (χ4v) is 12.6. The first-order chi connectivity index (χ1) is 25.6. The van der Waals surface area contributed by atoms with E-state index in [2.05, 4.69) is 91.8 Å². The summed E-state index contributed by atoms with van der Waals surface area (Å²) in [6.45, 7) is 18.4. The van der Waals surface area contributed by atoms with E-state index in [9.17, 15) is 26.3 Å². The van der Waals surface area contributed by atoms with Crippen molar-refractivity contribution in [3.05, 3.63) is 159 Å².